The molecular formula is C15H19FN2O. The first-order valence-electron chi connectivity index (χ1n) is 6.67. The number of nitrogens with one attached hydrogen (secondary N) is 1. The fourth-order valence-electron chi connectivity index (χ4n) is 2.66. The summed E-state index contributed by atoms with van der Waals surface area (Å²) >= 11 is 0. The van der Waals surface area contributed by atoms with Crippen molar-refractivity contribution in [2.75, 3.05) is 19.7 Å². The lowest BCUT2D eigenvalue weighted by atomic mass is 9.87. The monoisotopic (exact) mass is 262 g/mol. The summed E-state index contributed by atoms with van der Waals surface area (Å²) in [5, 5.41) is 12.1. The summed E-state index contributed by atoms with van der Waals surface area (Å²) in [5.74, 6) is 0.0394. The average Bonchev–Trinajstić information content (AvgIpc) is 2.44. The number of halogens is 1. The first-order chi connectivity index (χ1) is 9.22. The van der Waals surface area contributed by atoms with Crippen molar-refractivity contribution < 1.29 is 9.13 Å². The topological polar surface area (TPSA) is 45.0 Å². The van der Waals surface area contributed by atoms with Crippen LogP contribution in [0, 0.1) is 30.0 Å². The third kappa shape index (κ3) is 3.52. The van der Waals surface area contributed by atoms with E-state index < -0.39 is 0 Å². The van der Waals surface area contributed by atoms with Crippen LogP contribution in [0.25, 0.3) is 0 Å². The van der Waals surface area contributed by atoms with E-state index in [-0.39, 0.29) is 18.5 Å². The van der Waals surface area contributed by atoms with Gasteiger partial charge in [-0.05, 0) is 49.6 Å². The number of ether oxygens (including phenoxy) is 1. The highest BCUT2D eigenvalue weighted by atomic mass is 19.1. The van der Waals surface area contributed by atoms with Gasteiger partial charge in [0.2, 0.25) is 0 Å². The van der Waals surface area contributed by atoms with Crippen LogP contribution in [-0.2, 0) is 4.74 Å². The zero-order valence-electron chi connectivity index (χ0n) is 11.2. The molecule has 1 N–H and O–H groups in total. The molecule has 1 saturated heterocycles. The molecule has 0 aliphatic carbocycles. The smallest absolute Gasteiger partial charge is 0.134 e. The molecule has 0 unspecified atom stereocenters. The molecule has 1 heterocycles. The molecule has 1 aliphatic rings. The summed E-state index contributed by atoms with van der Waals surface area (Å²) in [6.07, 6.45) is 1.92. The van der Waals surface area contributed by atoms with E-state index in [1.165, 1.54) is 12.1 Å². The van der Waals surface area contributed by atoms with Gasteiger partial charge < -0.3 is 10.1 Å². The van der Waals surface area contributed by atoms with Crippen LogP contribution in [0.4, 0.5) is 4.39 Å². The molecule has 102 valence electrons. The maximum Gasteiger partial charge on any atom is 0.134 e. The van der Waals surface area contributed by atoms with Crippen LogP contribution in [0.5, 0.6) is 0 Å². The highest BCUT2D eigenvalue weighted by Gasteiger charge is 2.27. The first-order valence-corrected chi connectivity index (χ1v) is 6.67. The molecule has 1 aliphatic heterocycles. The molecule has 1 fully saturated rings. The highest BCUT2D eigenvalue weighted by Crippen LogP contribution is 2.32. The van der Waals surface area contributed by atoms with Crippen molar-refractivity contribution in [3.8, 4) is 6.07 Å². The Morgan fingerprint density at radius 3 is 3.11 bits per heavy atom. The lowest BCUT2D eigenvalue weighted by Gasteiger charge is -2.31. The van der Waals surface area contributed by atoms with Crippen molar-refractivity contribution in [1.82, 2.24) is 5.32 Å². The Morgan fingerprint density at radius 1 is 1.58 bits per heavy atom. The van der Waals surface area contributed by atoms with E-state index >= 15 is 0 Å². The largest absolute Gasteiger partial charge is 0.358 e. The first kappa shape index (κ1) is 14.0. The van der Waals surface area contributed by atoms with Crippen molar-refractivity contribution in [2.45, 2.75) is 25.9 Å². The third-order valence-corrected chi connectivity index (χ3v) is 3.64. The van der Waals surface area contributed by atoms with Crippen LogP contribution in [-0.4, -0.2) is 19.7 Å². The van der Waals surface area contributed by atoms with Crippen LogP contribution in [0.3, 0.4) is 0 Å². The van der Waals surface area contributed by atoms with Gasteiger partial charge in [0.1, 0.15) is 12.4 Å². The van der Waals surface area contributed by atoms with Gasteiger partial charge in [0.25, 0.3) is 0 Å². The van der Waals surface area contributed by atoms with E-state index in [0.29, 0.717) is 5.92 Å². The molecule has 0 aromatic heterocycles. The van der Waals surface area contributed by atoms with Gasteiger partial charge in [-0.3, -0.25) is 0 Å². The van der Waals surface area contributed by atoms with Crippen molar-refractivity contribution in [1.29, 1.82) is 5.26 Å². The van der Waals surface area contributed by atoms with Crippen LogP contribution in [0.1, 0.15) is 30.1 Å². The Bertz CT molecular complexity index is 464. The number of nitrogens with zero attached hydrogens (tertiary/aromatic N) is 1. The van der Waals surface area contributed by atoms with Gasteiger partial charge in [-0.1, -0.05) is 6.07 Å². The molecule has 0 saturated carbocycles. The molecule has 19 heavy (non-hydrogen) atoms. The molecule has 0 bridgehead atoms. The van der Waals surface area contributed by atoms with Gasteiger partial charge in [0.15, 0.2) is 0 Å². The van der Waals surface area contributed by atoms with Gasteiger partial charge >= 0.3 is 0 Å². The quantitative estimate of drug-likeness (QED) is 0.907. The fourth-order valence-corrected chi connectivity index (χ4v) is 2.66. The van der Waals surface area contributed by atoms with Crippen molar-refractivity contribution in [3.63, 3.8) is 0 Å². The van der Waals surface area contributed by atoms with E-state index in [4.69, 9.17) is 10.00 Å². The normalized spacial score (nSPS) is 20.8. The molecule has 4 heteroatoms. The summed E-state index contributed by atoms with van der Waals surface area (Å²) in [6.45, 7) is 3.86. The summed E-state index contributed by atoms with van der Waals surface area (Å²) < 4.78 is 19.1. The third-order valence-electron chi connectivity index (χ3n) is 3.64. The minimum absolute atomic E-state index is 0.0388. The molecule has 1 aromatic carbocycles. The second kappa shape index (κ2) is 6.65. The summed E-state index contributed by atoms with van der Waals surface area (Å²) in [7, 11) is 0. The van der Waals surface area contributed by atoms with E-state index in [9.17, 15) is 4.39 Å². The average molecular weight is 262 g/mol. The molecule has 0 spiro atoms. The molecule has 1 aromatic rings. The second-order valence-electron chi connectivity index (χ2n) is 5.00. The fraction of sp³-hybridized carbons (Fsp3) is 0.533. The lowest BCUT2D eigenvalue weighted by Crippen LogP contribution is -2.34. The number of nitriles is 1. The Labute approximate surface area is 113 Å². The van der Waals surface area contributed by atoms with Crippen LogP contribution in [0.15, 0.2) is 18.2 Å². The summed E-state index contributed by atoms with van der Waals surface area (Å²) in [6, 6.07) is 6.76. The number of aryl methyl sites for hydroxylation is 1. The standard InChI is InChI=1S/C15H19FN2O/c1-11-4-5-13(16)9-14(11)15(19-8-6-17)12-3-2-7-18-10-12/h4-5,9,12,15,18H,2-3,7-8,10H2,1H3/t12-,15-/m1/s1. The van der Waals surface area contributed by atoms with Gasteiger partial charge in [-0.15, -0.1) is 0 Å². The summed E-state index contributed by atoms with van der Waals surface area (Å²) in [5.41, 5.74) is 1.87. The number of piperidine rings is 1. The van der Waals surface area contributed by atoms with Crippen LogP contribution < -0.4 is 5.32 Å². The highest BCUT2D eigenvalue weighted by molar-refractivity contribution is 5.29. The molecule has 0 radical (unpaired) electrons. The molecule has 3 nitrogen and oxygen atoms in total. The van der Waals surface area contributed by atoms with Gasteiger partial charge in [0, 0.05) is 12.5 Å². The van der Waals surface area contributed by atoms with E-state index in [2.05, 4.69) is 5.32 Å². The minimum Gasteiger partial charge on any atom is -0.358 e. The van der Waals surface area contributed by atoms with Crippen LogP contribution >= 0.6 is 0 Å². The predicted molar refractivity (Wildman–Crippen MR) is 71.0 cm³/mol. The Kier molecular flexibility index (Phi) is 4.89. The van der Waals surface area contributed by atoms with Crippen LogP contribution in [0.2, 0.25) is 0 Å². The maximum absolute atomic E-state index is 13.5. The van der Waals surface area contributed by atoms with Crippen molar-refractivity contribution >= 4 is 0 Å². The lowest BCUT2D eigenvalue weighted by molar-refractivity contribution is 0.0206. The Morgan fingerprint density at radius 2 is 2.42 bits per heavy atom. The zero-order chi connectivity index (χ0) is 13.7. The second-order valence-corrected chi connectivity index (χ2v) is 5.00. The summed E-state index contributed by atoms with van der Waals surface area (Å²) in [4.78, 5) is 0. The van der Waals surface area contributed by atoms with Gasteiger partial charge in [-0.2, -0.15) is 5.26 Å². The minimum atomic E-state index is -0.255. The van der Waals surface area contributed by atoms with Crippen molar-refractivity contribution in [2.24, 2.45) is 5.92 Å². The maximum atomic E-state index is 13.5. The SMILES string of the molecule is Cc1ccc(F)cc1[C@H](OCC#N)[C@@H]1CCCNC1. The predicted octanol–water partition coefficient (Wildman–Crippen LogP) is 2.72. The zero-order valence-corrected chi connectivity index (χ0v) is 11.2. The molecule has 2 atom stereocenters. The van der Waals surface area contributed by atoms with E-state index in [0.717, 1.165) is 37.1 Å². The van der Waals surface area contributed by atoms with E-state index in [1.54, 1.807) is 6.07 Å². The molecular weight excluding hydrogens is 243 g/mol. The Hall–Kier alpha value is -1.44. The molecule has 2 rings (SSSR count). The number of hydrogen-bond acceptors (Lipinski definition) is 3. The van der Waals surface area contributed by atoms with Gasteiger partial charge in [0.05, 0.1) is 12.2 Å². The Balaban J connectivity index is 2.25. The van der Waals surface area contributed by atoms with Crippen molar-refractivity contribution in [3.05, 3.63) is 35.1 Å². The number of hydrogen-bond donors (Lipinski definition) is 1. The molecule has 0 amide bonds. The number of benzene rings is 1. The number of rotatable bonds is 4. The van der Waals surface area contributed by atoms with Gasteiger partial charge in [-0.25, -0.2) is 4.39 Å². The van der Waals surface area contributed by atoms with E-state index in [1.807, 2.05) is 13.0 Å².